The number of methoxy groups -OCH3 is 1. The smallest absolute Gasteiger partial charge is 0.216 e. The third-order valence-electron chi connectivity index (χ3n) is 3.49. The Balaban J connectivity index is 1.98. The molecule has 1 saturated carbocycles. The maximum Gasteiger partial charge on any atom is 0.216 e. The molecule has 1 atom stereocenters. The predicted molar refractivity (Wildman–Crippen MR) is 66.4 cm³/mol. The van der Waals surface area contributed by atoms with Gasteiger partial charge < -0.3 is 4.74 Å². The predicted octanol–water partition coefficient (Wildman–Crippen LogP) is -0.365. The average molecular weight is 273 g/mol. The van der Waals surface area contributed by atoms with Crippen molar-refractivity contribution in [3.63, 3.8) is 0 Å². The fraction of sp³-hybridized carbons (Fsp3) is 0.909. The lowest BCUT2D eigenvalue weighted by atomic mass is 10.2. The molecule has 0 amide bonds. The summed E-state index contributed by atoms with van der Waals surface area (Å²) in [6.07, 6.45) is 2.27. The maximum absolute atomic E-state index is 12.0. The van der Waals surface area contributed by atoms with Crippen LogP contribution in [0.3, 0.4) is 0 Å². The summed E-state index contributed by atoms with van der Waals surface area (Å²) in [4.78, 5) is 2.14. The number of ether oxygens (including phenoxy) is 1. The first kappa shape index (κ1) is 13.7. The number of hydrogen-bond acceptors (Lipinski definition) is 5. The first-order chi connectivity index (χ1) is 8.58. The van der Waals surface area contributed by atoms with Crippen LogP contribution in [0.15, 0.2) is 0 Å². The van der Waals surface area contributed by atoms with Gasteiger partial charge in [0.05, 0.1) is 18.4 Å². The van der Waals surface area contributed by atoms with Gasteiger partial charge in [0.25, 0.3) is 0 Å². The largest absolute Gasteiger partial charge is 0.384 e. The molecule has 6 nitrogen and oxygen atoms in total. The third-order valence-corrected chi connectivity index (χ3v) is 5.29. The zero-order valence-electron chi connectivity index (χ0n) is 10.6. The second-order valence-corrected chi connectivity index (χ2v) is 6.87. The summed E-state index contributed by atoms with van der Waals surface area (Å²) in [6.45, 7) is 1.64. The minimum absolute atomic E-state index is 0.00885. The fourth-order valence-electron chi connectivity index (χ4n) is 2.30. The molecular weight excluding hydrogens is 254 g/mol. The van der Waals surface area contributed by atoms with Gasteiger partial charge in [-0.15, -0.1) is 0 Å². The first-order valence-electron chi connectivity index (χ1n) is 6.20. The second kappa shape index (κ2) is 5.53. The molecule has 18 heavy (non-hydrogen) atoms. The molecule has 0 aromatic heterocycles. The molecule has 0 bridgehead atoms. The summed E-state index contributed by atoms with van der Waals surface area (Å²) >= 11 is 0. The van der Waals surface area contributed by atoms with E-state index in [1.165, 1.54) is 11.4 Å². The van der Waals surface area contributed by atoms with Crippen molar-refractivity contribution in [2.24, 2.45) is 0 Å². The van der Waals surface area contributed by atoms with Crippen molar-refractivity contribution >= 4 is 10.0 Å². The highest BCUT2D eigenvalue weighted by molar-refractivity contribution is 7.89. The molecule has 2 rings (SSSR count). The molecule has 1 heterocycles. The van der Waals surface area contributed by atoms with Gasteiger partial charge in [0.1, 0.15) is 6.04 Å². The van der Waals surface area contributed by atoms with E-state index < -0.39 is 10.0 Å². The molecule has 2 fully saturated rings. The third kappa shape index (κ3) is 3.01. The van der Waals surface area contributed by atoms with Crippen LogP contribution in [-0.4, -0.2) is 68.8 Å². The maximum atomic E-state index is 12.0. The van der Waals surface area contributed by atoms with Gasteiger partial charge >= 0.3 is 0 Å². The number of piperazine rings is 1. The molecule has 102 valence electrons. The SMILES string of the molecule is COCCS(=O)(=O)N1CCN(C2CC2)C(C#N)C1. The topological polar surface area (TPSA) is 73.6 Å². The monoisotopic (exact) mass is 273 g/mol. The normalized spacial score (nSPS) is 27.0. The highest BCUT2D eigenvalue weighted by Gasteiger charge is 2.40. The van der Waals surface area contributed by atoms with Crippen LogP contribution in [0.5, 0.6) is 0 Å². The van der Waals surface area contributed by atoms with Crippen molar-refractivity contribution in [2.75, 3.05) is 39.1 Å². The van der Waals surface area contributed by atoms with Crippen molar-refractivity contribution in [1.29, 1.82) is 5.26 Å². The van der Waals surface area contributed by atoms with E-state index in [-0.39, 0.29) is 18.4 Å². The Labute approximate surface area is 108 Å². The Morgan fingerprint density at radius 1 is 1.39 bits per heavy atom. The number of nitrogens with zero attached hydrogens (tertiary/aromatic N) is 3. The van der Waals surface area contributed by atoms with Gasteiger partial charge in [-0.05, 0) is 12.8 Å². The van der Waals surface area contributed by atoms with Gasteiger partial charge in [-0.2, -0.15) is 9.57 Å². The van der Waals surface area contributed by atoms with Gasteiger partial charge in [0.2, 0.25) is 10.0 Å². The molecule has 0 radical (unpaired) electrons. The summed E-state index contributed by atoms with van der Waals surface area (Å²) in [5.41, 5.74) is 0. The first-order valence-corrected chi connectivity index (χ1v) is 7.81. The van der Waals surface area contributed by atoms with E-state index in [0.29, 0.717) is 25.7 Å². The Bertz CT molecular complexity index is 427. The van der Waals surface area contributed by atoms with E-state index >= 15 is 0 Å². The van der Waals surface area contributed by atoms with E-state index in [0.717, 1.165) is 12.8 Å². The zero-order chi connectivity index (χ0) is 13.2. The summed E-state index contributed by atoms with van der Waals surface area (Å²) in [5.74, 6) is -0.00885. The van der Waals surface area contributed by atoms with E-state index in [2.05, 4.69) is 11.0 Å². The number of rotatable bonds is 5. The molecule has 0 spiro atoms. The Hall–Kier alpha value is -0.680. The number of hydrogen-bond donors (Lipinski definition) is 0. The molecule has 1 aliphatic carbocycles. The minimum atomic E-state index is -3.29. The quantitative estimate of drug-likeness (QED) is 0.683. The van der Waals surface area contributed by atoms with Crippen LogP contribution in [0.25, 0.3) is 0 Å². The highest BCUT2D eigenvalue weighted by atomic mass is 32.2. The molecule has 1 aliphatic heterocycles. The molecule has 0 aromatic carbocycles. The molecule has 1 saturated heterocycles. The van der Waals surface area contributed by atoms with E-state index in [1.54, 1.807) is 0 Å². The van der Waals surface area contributed by atoms with Crippen LogP contribution in [0, 0.1) is 11.3 Å². The van der Waals surface area contributed by atoms with Gasteiger partial charge in [-0.3, -0.25) is 4.90 Å². The van der Waals surface area contributed by atoms with Crippen LogP contribution >= 0.6 is 0 Å². The Kier molecular flexibility index (Phi) is 4.22. The van der Waals surface area contributed by atoms with Gasteiger partial charge in [-0.1, -0.05) is 0 Å². The lowest BCUT2D eigenvalue weighted by Gasteiger charge is -2.37. The molecule has 7 heteroatoms. The van der Waals surface area contributed by atoms with Crippen LogP contribution < -0.4 is 0 Å². The van der Waals surface area contributed by atoms with Crippen LogP contribution in [0.4, 0.5) is 0 Å². The van der Waals surface area contributed by atoms with E-state index in [9.17, 15) is 8.42 Å². The minimum Gasteiger partial charge on any atom is -0.384 e. The van der Waals surface area contributed by atoms with Crippen LogP contribution in [0.1, 0.15) is 12.8 Å². The van der Waals surface area contributed by atoms with Gasteiger partial charge in [0, 0.05) is 32.8 Å². The number of sulfonamides is 1. The van der Waals surface area contributed by atoms with Gasteiger partial charge in [-0.25, -0.2) is 8.42 Å². The van der Waals surface area contributed by atoms with Gasteiger partial charge in [0.15, 0.2) is 0 Å². The summed E-state index contributed by atoms with van der Waals surface area (Å²) < 4.78 is 30.3. The van der Waals surface area contributed by atoms with Crippen LogP contribution in [0.2, 0.25) is 0 Å². The molecule has 2 aliphatic rings. The zero-order valence-corrected chi connectivity index (χ0v) is 11.4. The van der Waals surface area contributed by atoms with Crippen molar-refractivity contribution in [3.05, 3.63) is 0 Å². The summed E-state index contributed by atoms with van der Waals surface area (Å²) in [5, 5.41) is 9.16. The summed E-state index contributed by atoms with van der Waals surface area (Å²) in [7, 11) is -1.80. The standard InChI is InChI=1S/C11H19N3O3S/c1-17-6-7-18(15,16)13-4-5-14(10-2-3-10)11(8-12)9-13/h10-11H,2-7,9H2,1H3. The van der Waals surface area contributed by atoms with Crippen molar-refractivity contribution in [2.45, 2.75) is 24.9 Å². The Morgan fingerprint density at radius 3 is 2.67 bits per heavy atom. The average Bonchev–Trinajstić information content (AvgIpc) is 3.20. The number of nitriles is 1. The highest BCUT2D eigenvalue weighted by Crippen LogP contribution is 2.30. The van der Waals surface area contributed by atoms with E-state index in [1.807, 2.05) is 0 Å². The molecule has 0 N–H and O–H groups in total. The summed E-state index contributed by atoms with van der Waals surface area (Å²) in [6, 6.07) is 2.42. The lowest BCUT2D eigenvalue weighted by Crippen LogP contribution is -2.55. The second-order valence-electron chi connectivity index (χ2n) is 4.78. The Morgan fingerprint density at radius 2 is 2.11 bits per heavy atom. The van der Waals surface area contributed by atoms with Crippen LogP contribution in [-0.2, 0) is 14.8 Å². The molecule has 1 unspecified atom stereocenters. The van der Waals surface area contributed by atoms with Crippen molar-refractivity contribution < 1.29 is 13.2 Å². The lowest BCUT2D eigenvalue weighted by molar-refractivity contribution is 0.140. The van der Waals surface area contributed by atoms with Crippen molar-refractivity contribution in [1.82, 2.24) is 9.21 Å². The van der Waals surface area contributed by atoms with Crippen molar-refractivity contribution in [3.8, 4) is 6.07 Å². The van der Waals surface area contributed by atoms with E-state index in [4.69, 9.17) is 10.00 Å². The fourth-order valence-corrected chi connectivity index (χ4v) is 3.66. The molecule has 0 aromatic rings. The molecular formula is C11H19N3O3S.